The summed E-state index contributed by atoms with van der Waals surface area (Å²) in [5, 5.41) is 3.35. The van der Waals surface area contributed by atoms with Gasteiger partial charge in [-0.2, -0.15) is 4.31 Å². The van der Waals surface area contributed by atoms with E-state index in [0.717, 1.165) is 36.4 Å². The molecule has 2 aliphatic rings. The third-order valence-corrected chi connectivity index (χ3v) is 10.5. The highest BCUT2D eigenvalue weighted by Crippen LogP contribution is 2.38. The van der Waals surface area contributed by atoms with Gasteiger partial charge in [0.15, 0.2) is 0 Å². The van der Waals surface area contributed by atoms with Gasteiger partial charge in [0, 0.05) is 43.2 Å². The van der Waals surface area contributed by atoms with Crippen molar-refractivity contribution in [3.8, 4) is 0 Å². The number of carbonyl (C=O) groups is 2. The predicted octanol–water partition coefficient (Wildman–Crippen LogP) is 4.77. The highest BCUT2D eigenvalue weighted by Gasteiger charge is 2.30. The molecule has 0 aliphatic carbocycles. The van der Waals surface area contributed by atoms with Crippen LogP contribution in [0.3, 0.4) is 0 Å². The number of methoxy groups -OCH3 is 1. The molecule has 0 radical (unpaired) electrons. The summed E-state index contributed by atoms with van der Waals surface area (Å²) in [6, 6.07) is 16.2. The standard InChI is InChI=1S/C29H33N3O5S2/c1-20-12-16-32(17-13-20)39(35,36)23-10-8-22(9-11-23)27(33)30-28-26(29(34)37-2)24-14-15-31(19-25(24)38-28)18-21-6-4-3-5-7-21/h3-11,20H,12-19H2,1-2H3,(H,30,33). The van der Waals surface area contributed by atoms with E-state index in [1.807, 2.05) is 18.2 Å². The molecule has 3 aromatic rings. The number of nitrogens with one attached hydrogen (secondary N) is 1. The topological polar surface area (TPSA) is 96.0 Å². The van der Waals surface area contributed by atoms with Crippen molar-refractivity contribution in [2.75, 3.05) is 32.1 Å². The number of piperidine rings is 1. The van der Waals surface area contributed by atoms with Gasteiger partial charge in [-0.15, -0.1) is 11.3 Å². The Labute approximate surface area is 233 Å². The fourth-order valence-corrected chi connectivity index (χ4v) is 7.91. The van der Waals surface area contributed by atoms with Crippen LogP contribution in [0.1, 0.15) is 56.5 Å². The van der Waals surface area contributed by atoms with Crippen molar-refractivity contribution in [3.63, 3.8) is 0 Å². The van der Waals surface area contributed by atoms with Crippen LogP contribution in [0.15, 0.2) is 59.5 Å². The summed E-state index contributed by atoms with van der Waals surface area (Å²) in [5.74, 6) is -0.362. The minimum Gasteiger partial charge on any atom is -0.465 e. The van der Waals surface area contributed by atoms with Crippen LogP contribution in [0.25, 0.3) is 0 Å². The lowest BCUT2D eigenvalue weighted by Crippen LogP contribution is -2.37. The van der Waals surface area contributed by atoms with E-state index in [2.05, 4.69) is 29.3 Å². The van der Waals surface area contributed by atoms with Crippen molar-refractivity contribution >= 4 is 38.2 Å². The molecule has 2 aliphatic heterocycles. The largest absolute Gasteiger partial charge is 0.465 e. The van der Waals surface area contributed by atoms with E-state index in [4.69, 9.17) is 4.74 Å². The number of sulfonamides is 1. The maximum Gasteiger partial charge on any atom is 0.341 e. The summed E-state index contributed by atoms with van der Waals surface area (Å²) in [5.41, 5.74) is 2.86. The first kappa shape index (κ1) is 27.5. The Morgan fingerprint density at radius 3 is 2.38 bits per heavy atom. The lowest BCUT2D eigenvalue weighted by atomic mass is 10.0. The number of anilines is 1. The highest BCUT2D eigenvalue weighted by atomic mass is 32.2. The molecule has 3 heterocycles. The molecule has 0 saturated carbocycles. The molecule has 2 aromatic carbocycles. The van der Waals surface area contributed by atoms with Crippen LogP contribution in [0.4, 0.5) is 5.00 Å². The summed E-state index contributed by atoms with van der Waals surface area (Å²) in [6.45, 7) is 5.42. The van der Waals surface area contributed by atoms with Crippen molar-refractivity contribution in [2.45, 2.75) is 44.2 Å². The molecular formula is C29H33N3O5S2. The zero-order valence-corrected chi connectivity index (χ0v) is 23.8. The average Bonchev–Trinajstić information content (AvgIpc) is 3.30. The fraction of sp³-hybridized carbons (Fsp3) is 0.379. The van der Waals surface area contributed by atoms with E-state index < -0.39 is 21.9 Å². The normalized spacial score (nSPS) is 17.0. The molecule has 1 fully saturated rings. The molecule has 5 rings (SSSR count). The Balaban J connectivity index is 1.32. The number of nitrogens with zero attached hydrogens (tertiary/aromatic N) is 2. The van der Waals surface area contributed by atoms with Gasteiger partial charge in [-0.1, -0.05) is 37.3 Å². The first-order chi connectivity index (χ1) is 18.8. The number of fused-ring (bicyclic) bond motifs is 1. The Hall–Kier alpha value is -3.05. The molecule has 1 amide bonds. The number of thiophene rings is 1. The maximum atomic E-state index is 13.2. The minimum absolute atomic E-state index is 0.175. The van der Waals surface area contributed by atoms with E-state index in [-0.39, 0.29) is 4.90 Å². The summed E-state index contributed by atoms with van der Waals surface area (Å²) in [7, 11) is -2.26. The molecule has 1 N–H and O–H groups in total. The molecular weight excluding hydrogens is 534 g/mol. The van der Waals surface area contributed by atoms with Gasteiger partial charge < -0.3 is 10.1 Å². The smallest absolute Gasteiger partial charge is 0.341 e. The van der Waals surface area contributed by atoms with Gasteiger partial charge in [-0.25, -0.2) is 13.2 Å². The van der Waals surface area contributed by atoms with Gasteiger partial charge in [-0.05, 0) is 60.6 Å². The van der Waals surface area contributed by atoms with Crippen LogP contribution in [0.5, 0.6) is 0 Å². The first-order valence-corrected chi connectivity index (χ1v) is 15.4. The fourth-order valence-electron chi connectivity index (χ4n) is 5.17. The molecule has 1 saturated heterocycles. The van der Waals surface area contributed by atoms with Gasteiger partial charge >= 0.3 is 5.97 Å². The number of benzene rings is 2. The minimum atomic E-state index is -3.60. The van der Waals surface area contributed by atoms with E-state index >= 15 is 0 Å². The molecule has 1 aromatic heterocycles. The molecule has 10 heteroatoms. The Morgan fingerprint density at radius 2 is 1.72 bits per heavy atom. The number of ether oxygens (including phenoxy) is 1. The summed E-state index contributed by atoms with van der Waals surface area (Å²) < 4.78 is 32.7. The predicted molar refractivity (Wildman–Crippen MR) is 151 cm³/mol. The average molecular weight is 568 g/mol. The van der Waals surface area contributed by atoms with Gasteiger partial charge in [0.25, 0.3) is 5.91 Å². The number of carbonyl (C=O) groups excluding carboxylic acids is 2. The second kappa shape index (κ2) is 11.6. The SMILES string of the molecule is COC(=O)c1c(NC(=O)c2ccc(S(=O)(=O)N3CCC(C)CC3)cc2)sc2c1CCN(Cc1ccccc1)C2. The van der Waals surface area contributed by atoms with E-state index in [0.29, 0.717) is 48.1 Å². The van der Waals surface area contributed by atoms with Crippen molar-refractivity contribution in [1.29, 1.82) is 0 Å². The quantitative estimate of drug-likeness (QED) is 0.414. The Kier molecular flexibility index (Phi) is 8.18. The number of rotatable bonds is 7. The number of hydrogen-bond donors (Lipinski definition) is 1. The zero-order valence-electron chi connectivity index (χ0n) is 22.2. The molecule has 0 unspecified atom stereocenters. The molecule has 206 valence electrons. The third kappa shape index (κ3) is 5.94. The van der Waals surface area contributed by atoms with Gasteiger partial charge in [0.1, 0.15) is 5.00 Å². The van der Waals surface area contributed by atoms with E-state index in [1.54, 1.807) is 0 Å². The van der Waals surface area contributed by atoms with Gasteiger partial charge in [0.05, 0.1) is 17.6 Å². The number of esters is 1. The monoisotopic (exact) mass is 567 g/mol. The number of amides is 1. The summed E-state index contributed by atoms with van der Waals surface area (Å²) in [4.78, 5) is 29.4. The van der Waals surface area contributed by atoms with Crippen molar-refractivity contribution in [2.24, 2.45) is 5.92 Å². The van der Waals surface area contributed by atoms with E-state index in [9.17, 15) is 18.0 Å². The van der Waals surface area contributed by atoms with E-state index in [1.165, 1.54) is 52.6 Å². The maximum absolute atomic E-state index is 13.2. The van der Waals surface area contributed by atoms with Crippen LogP contribution in [0.2, 0.25) is 0 Å². The van der Waals surface area contributed by atoms with Crippen LogP contribution in [0, 0.1) is 5.92 Å². The van der Waals surface area contributed by atoms with Crippen LogP contribution < -0.4 is 5.32 Å². The molecule has 0 bridgehead atoms. The Morgan fingerprint density at radius 1 is 1.03 bits per heavy atom. The van der Waals surface area contributed by atoms with Gasteiger partial charge in [0.2, 0.25) is 10.0 Å². The lowest BCUT2D eigenvalue weighted by Gasteiger charge is -2.29. The number of hydrogen-bond acceptors (Lipinski definition) is 7. The lowest BCUT2D eigenvalue weighted by molar-refractivity contribution is 0.0600. The van der Waals surface area contributed by atoms with Crippen molar-refractivity contribution < 1.29 is 22.7 Å². The van der Waals surface area contributed by atoms with Crippen molar-refractivity contribution in [3.05, 3.63) is 81.7 Å². The highest BCUT2D eigenvalue weighted by molar-refractivity contribution is 7.89. The van der Waals surface area contributed by atoms with Crippen LogP contribution in [-0.4, -0.2) is 56.2 Å². The summed E-state index contributed by atoms with van der Waals surface area (Å²) >= 11 is 1.39. The second-order valence-electron chi connectivity index (χ2n) is 10.2. The third-order valence-electron chi connectivity index (χ3n) is 7.50. The zero-order chi connectivity index (χ0) is 27.6. The van der Waals surface area contributed by atoms with Crippen LogP contribution in [-0.2, 0) is 34.3 Å². The van der Waals surface area contributed by atoms with Crippen molar-refractivity contribution in [1.82, 2.24) is 9.21 Å². The molecule has 0 spiro atoms. The van der Waals surface area contributed by atoms with Crippen LogP contribution >= 0.6 is 11.3 Å². The summed E-state index contributed by atoms with van der Waals surface area (Å²) in [6.07, 6.45) is 2.37. The Bertz CT molecular complexity index is 1440. The molecule has 39 heavy (non-hydrogen) atoms. The second-order valence-corrected chi connectivity index (χ2v) is 13.3. The van der Waals surface area contributed by atoms with Gasteiger partial charge in [-0.3, -0.25) is 9.69 Å². The molecule has 0 atom stereocenters. The first-order valence-electron chi connectivity index (χ1n) is 13.2. The molecule has 8 nitrogen and oxygen atoms in total.